The zero-order valence-electron chi connectivity index (χ0n) is 10.4. The van der Waals surface area contributed by atoms with Crippen LogP contribution in [0, 0.1) is 0 Å². The largest absolute Gasteiger partial charge is 0.430 e. The smallest absolute Gasteiger partial charge is 0.385 e. The van der Waals surface area contributed by atoms with Gasteiger partial charge < -0.3 is 10.4 Å². The van der Waals surface area contributed by atoms with Crippen molar-refractivity contribution in [2.24, 2.45) is 0 Å². The van der Waals surface area contributed by atoms with E-state index < -0.39 is 23.5 Å². The van der Waals surface area contributed by atoms with Crippen LogP contribution in [-0.2, 0) is 5.60 Å². The molecule has 0 radical (unpaired) electrons. The second kappa shape index (κ2) is 5.51. The summed E-state index contributed by atoms with van der Waals surface area (Å²) in [4.78, 5) is 0. The fourth-order valence-electron chi connectivity index (χ4n) is 1.59. The molecule has 20 heavy (non-hydrogen) atoms. The Morgan fingerprint density at radius 3 is 1.75 bits per heavy atom. The monoisotopic (exact) mass is 301 g/mol. The van der Waals surface area contributed by atoms with Crippen molar-refractivity contribution in [1.82, 2.24) is 0 Å². The summed E-state index contributed by atoms with van der Waals surface area (Å²) >= 11 is 0. The van der Waals surface area contributed by atoms with Gasteiger partial charge in [-0.1, -0.05) is 19.1 Å². The highest BCUT2D eigenvalue weighted by atomic mass is 19.4. The molecular weight excluding hydrogens is 288 g/mol. The van der Waals surface area contributed by atoms with Crippen LogP contribution in [0.2, 0.25) is 0 Å². The topological polar surface area (TPSA) is 32.3 Å². The molecule has 0 amide bonds. The third-order valence-corrected chi connectivity index (χ3v) is 2.70. The number of nitrogens with one attached hydrogen (secondary N) is 1. The van der Waals surface area contributed by atoms with Crippen LogP contribution >= 0.6 is 0 Å². The van der Waals surface area contributed by atoms with E-state index in [0.717, 1.165) is 18.6 Å². The fourth-order valence-corrected chi connectivity index (χ4v) is 1.59. The Hall–Kier alpha value is -1.44. The van der Waals surface area contributed by atoms with Crippen LogP contribution in [0.3, 0.4) is 0 Å². The molecule has 0 heterocycles. The van der Waals surface area contributed by atoms with Crippen LogP contribution in [0.25, 0.3) is 0 Å². The lowest BCUT2D eigenvalue weighted by Crippen LogP contribution is -2.53. The molecule has 0 unspecified atom stereocenters. The molecule has 0 fully saturated rings. The van der Waals surface area contributed by atoms with Crippen molar-refractivity contribution < 1.29 is 31.4 Å². The highest BCUT2D eigenvalue weighted by Crippen LogP contribution is 2.50. The molecule has 0 aliphatic rings. The third kappa shape index (κ3) is 3.00. The molecule has 2 nitrogen and oxygen atoms in total. The van der Waals surface area contributed by atoms with E-state index in [1.54, 1.807) is 0 Å². The van der Waals surface area contributed by atoms with Crippen molar-refractivity contribution in [1.29, 1.82) is 0 Å². The average Bonchev–Trinajstić information content (AvgIpc) is 2.33. The van der Waals surface area contributed by atoms with E-state index in [1.165, 1.54) is 0 Å². The van der Waals surface area contributed by atoms with E-state index in [-0.39, 0.29) is 0 Å². The predicted molar refractivity (Wildman–Crippen MR) is 61.2 cm³/mol. The minimum Gasteiger partial charge on any atom is -0.385 e. The second-order valence-electron chi connectivity index (χ2n) is 4.21. The SMILES string of the molecule is CCCNc1ccc(C(O)(C(F)(F)F)C(F)(F)F)cc1. The summed E-state index contributed by atoms with van der Waals surface area (Å²) in [5.41, 5.74) is -5.76. The molecule has 8 heteroatoms. The minimum absolute atomic E-state index is 0.377. The van der Waals surface area contributed by atoms with Crippen molar-refractivity contribution in [3.8, 4) is 0 Å². The molecule has 0 spiro atoms. The molecule has 0 aromatic heterocycles. The van der Waals surface area contributed by atoms with E-state index in [2.05, 4.69) is 5.32 Å². The summed E-state index contributed by atoms with van der Waals surface area (Å²) < 4.78 is 75.6. The Kier molecular flexibility index (Phi) is 4.58. The number of aliphatic hydroxyl groups is 1. The van der Waals surface area contributed by atoms with E-state index in [9.17, 15) is 26.3 Å². The quantitative estimate of drug-likeness (QED) is 0.829. The van der Waals surface area contributed by atoms with Gasteiger partial charge in [-0.15, -0.1) is 0 Å². The zero-order valence-corrected chi connectivity index (χ0v) is 10.4. The van der Waals surface area contributed by atoms with E-state index in [0.29, 0.717) is 24.4 Å². The van der Waals surface area contributed by atoms with Crippen LogP contribution < -0.4 is 5.32 Å². The Bertz CT molecular complexity index is 423. The lowest BCUT2D eigenvalue weighted by atomic mass is 9.92. The fraction of sp³-hybridized carbons (Fsp3) is 0.500. The van der Waals surface area contributed by atoms with Gasteiger partial charge in [0.15, 0.2) is 0 Å². The number of halogens is 6. The number of hydrogen-bond acceptors (Lipinski definition) is 2. The van der Waals surface area contributed by atoms with Gasteiger partial charge in [-0.3, -0.25) is 0 Å². The van der Waals surface area contributed by atoms with Gasteiger partial charge >= 0.3 is 12.4 Å². The van der Waals surface area contributed by atoms with E-state index >= 15 is 0 Å². The van der Waals surface area contributed by atoms with Crippen LogP contribution in [0.15, 0.2) is 24.3 Å². The lowest BCUT2D eigenvalue weighted by Gasteiger charge is -2.32. The highest BCUT2D eigenvalue weighted by molar-refractivity contribution is 5.46. The van der Waals surface area contributed by atoms with Gasteiger partial charge in [-0.05, 0) is 18.6 Å². The highest BCUT2D eigenvalue weighted by Gasteiger charge is 2.71. The molecular formula is C12H13F6NO. The molecule has 114 valence electrons. The molecule has 0 saturated carbocycles. The first kappa shape index (κ1) is 16.6. The van der Waals surface area contributed by atoms with Gasteiger partial charge in [0.1, 0.15) is 0 Å². The van der Waals surface area contributed by atoms with Gasteiger partial charge in [0, 0.05) is 17.8 Å². The maximum Gasteiger partial charge on any atom is 0.430 e. The maximum atomic E-state index is 12.6. The predicted octanol–water partition coefficient (Wildman–Crippen LogP) is 3.82. The summed E-state index contributed by atoms with van der Waals surface area (Å²) in [5.74, 6) is 0. The maximum absolute atomic E-state index is 12.6. The van der Waals surface area contributed by atoms with Crippen molar-refractivity contribution in [3.63, 3.8) is 0 Å². The molecule has 1 aromatic carbocycles. The standard InChI is InChI=1S/C12H13F6NO/c1-2-7-19-9-5-3-8(4-6-9)10(20,11(13,14)15)12(16,17)18/h3-6,19-20H,2,7H2,1H3. The van der Waals surface area contributed by atoms with Crippen LogP contribution in [0.5, 0.6) is 0 Å². The summed E-state index contributed by atoms with van der Waals surface area (Å²) in [6.45, 7) is 2.38. The molecule has 0 aliphatic heterocycles. The summed E-state index contributed by atoms with van der Waals surface area (Å²) in [6, 6.07) is 3.35. The number of anilines is 1. The lowest BCUT2D eigenvalue weighted by molar-refractivity contribution is -0.376. The first-order valence-corrected chi connectivity index (χ1v) is 5.74. The number of rotatable bonds is 4. The number of benzene rings is 1. The molecule has 2 N–H and O–H groups in total. The Balaban J connectivity index is 3.17. The average molecular weight is 301 g/mol. The van der Waals surface area contributed by atoms with Crippen molar-refractivity contribution >= 4 is 5.69 Å². The molecule has 0 bridgehead atoms. The second-order valence-corrected chi connectivity index (χ2v) is 4.21. The van der Waals surface area contributed by atoms with Gasteiger partial charge in [0.05, 0.1) is 0 Å². The Labute approximate surface area is 111 Å². The molecule has 1 aromatic rings. The van der Waals surface area contributed by atoms with Gasteiger partial charge in [0.2, 0.25) is 0 Å². The molecule has 1 rings (SSSR count). The van der Waals surface area contributed by atoms with Crippen molar-refractivity contribution in [2.75, 3.05) is 11.9 Å². The molecule has 0 atom stereocenters. The van der Waals surface area contributed by atoms with Gasteiger partial charge in [-0.25, -0.2) is 0 Å². The van der Waals surface area contributed by atoms with Gasteiger partial charge in [-0.2, -0.15) is 26.3 Å². The molecule has 0 saturated heterocycles. The number of alkyl halides is 6. The number of hydrogen-bond donors (Lipinski definition) is 2. The Morgan fingerprint density at radius 2 is 1.40 bits per heavy atom. The van der Waals surface area contributed by atoms with Crippen molar-refractivity contribution in [2.45, 2.75) is 31.3 Å². The minimum atomic E-state index is -5.86. The van der Waals surface area contributed by atoms with Crippen LogP contribution in [0.1, 0.15) is 18.9 Å². The summed E-state index contributed by atoms with van der Waals surface area (Å²) in [6.07, 6.45) is -11.0. The third-order valence-electron chi connectivity index (χ3n) is 2.70. The first-order chi connectivity index (χ1) is 9.04. The zero-order chi connectivity index (χ0) is 15.6. The Morgan fingerprint density at radius 1 is 0.950 bits per heavy atom. The van der Waals surface area contributed by atoms with Crippen LogP contribution in [-0.4, -0.2) is 24.0 Å². The van der Waals surface area contributed by atoms with E-state index in [1.807, 2.05) is 6.92 Å². The first-order valence-electron chi connectivity index (χ1n) is 5.74. The van der Waals surface area contributed by atoms with Gasteiger partial charge in [0.25, 0.3) is 5.60 Å². The summed E-state index contributed by atoms with van der Waals surface area (Å²) in [5, 5.41) is 12.0. The normalized spacial score (nSPS) is 13.4. The van der Waals surface area contributed by atoms with Crippen molar-refractivity contribution in [3.05, 3.63) is 29.8 Å². The van der Waals surface area contributed by atoms with E-state index in [4.69, 9.17) is 5.11 Å². The molecule has 0 aliphatic carbocycles. The summed E-state index contributed by atoms with van der Waals surface area (Å²) in [7, 11) is 0. The van der Waals surface area contributed by atoms with Crippen LogP contribution in [0.4, 0.5) is 32.0 Å².